The Morgan fingerprint density at radius 3 is 2.31 bits per heavy atom. The first-order valence-corrected chi connectivity index (χ1v) is 10.9. The van der Waals surface area contributed by atoms with Crippen LogP contribution in [0.2, 0.25) is 5.02 Å². The molecule has 11 heteroatoms. The maximum atomic E-state index is 12.5. The Bertz CT molecular complexity index is 1100. The van der Waals surface area contributed by atoms with Crippen LogP contribution in [0.5, 0.6) is 17.2 Å². The number of carbonyl (C=O) groups is 1. The quantitative estimate of drug-likeness (QED) is 0.373. The second-order valence-electron chi connectivity index (χ2n) is 6.87. The second-order valence-corrected chi connectivity index (χ2v) is 8.22. The van der Waals surface area contributed by atoms with Gasteiger partial charge in [0, 0.05) is 5.56 Å². The zero-order chi connectivity index (χ0) is 23.4. The normalized spacial score (nSPS) is 10.7. The third-order valence-corrected chi connectivity index (χ3v) is 5.86. The zero-order valence-corrected chi connectivity index (χ0v) is 19.9. The zero-order valence-electron chi connectivity index (χ0n) is 18.4. The third-order valence-electron chi connectivity index (χ3n) is 4.62. The van der Waals surface area contributed by atoms with Crippen molar-refractivity contribution in [1.82, 2.24) is 14.9 Å². The molecule has 0 saturated carbocycles. The largest absolute Gasteiger partial charge is 0.493 e. The molecule has 0 atom stereocenters. The lowest BCUT2D eigenvalue weighted by atomic mass is 10.1. The standard InChI is InChI=1S/C21H24ClN5O4S/c1-11-6-12(2)18(14(22)7-11)24-17(28)10-32-21-26-25-20(27(21)23)13-8-15(29-3)19(31-5)16(9-13)30-4/h6-9H,10,23H2,1-5H3,(H,24,28). The molecule has 0 fully saturated rings. The van der Waals surface area contributed by atoms with E-state index in [0.29, 0.717) is 44.5 Å². The number of carbonyl (C=O) groups excluding carboxylic acids is 1. The number of benzene rings is 2. The van der Waals surface area contributed by atoms with Gasteiger partial charge in [0.25, 0.3) is 0 Å². The Labute approximate surface area is 195 Å². The van der Waals surface area contributed by atoms with E-state index in [1.54, 1.807) is 18.2 Å². The maximum Gasteiger partial charge on any atom is 0.234 e. The molecule has 1 heterocycles. The van der Waals surface area contributed by atoms with Crippen LogP contribution >= 0.6 is 23.4 Å². The Morgan fingerprint density at radius 2 is 1.75 bits per heavy atom. The van der Waals surface area contributed by atoms with E-state index in [4.69, 9.17) is 31.7 Å². The molecule has 3 rings (SSSR count). The number of aromatic nitrogens is 3. The molecule has 0 radical (unpaired) electrons. The molecule has 0 bridgehead atoms. The van der Waals surface area contributed by atoms with Crippen LogP contribution < -0.4 is 25.4 Å². The number of nitrogens with two attached hydrogens (primary N) is 1. The van der Waals surface area contributed by atoms with Gasteiger partial charge in [-0.15, -0.1) is 10.2 Å². The van der Waals surface area contributed by atoms with Gasteiger partial charge in [0.15, 0.2) is 17.3 Å². The smallest absolute Gasteiger partial charge is 0.234 e. The van der Waals surface area contributed by atoms with E-state index in [1.807, 2.05) is 19.9 Å². The van der Waals surface area contributed by atoms with Crippen LogP contribution in [0.25, 0.3) is 11.4 Å². The number of amides is 1. The topological polar surface area (TPSA) is 114 Å². The van der Waals surface area contributed by atoms with Crippen LogP contribution in [0.15, 0.2) is 29.4 Å². The highest BCUT2D eigenvalue weighted by Crippen LogP contribution is 2.41. The minimum Gasteiger partial charge on any atom is -0.493 e. The summed E-state index contributed by atoms with van der Waals surface area (Å²) in [6, 6.07) is 7.20. The monoisotopic (exact) mass is 477 g/mol. The van der Waals surface area contributed by atoms with E-state index in [0.717, 1.165) is 22.9 Å². The van der Waals surface area contributed by atoms with Crippen molar-refractivity contribution in [2.24, 2.45) is 0 Å². The van der Waals surface area contributed by atoms with Gasteiger partial charge in [-0.1, -0.05) is 29.4 Å². The molecule has 3 N–H and O–H groups in total. The fourth-order valence-corrected chi connectivity index (χ4v) is 4.19. The number of ether oxygens (including phenoxy) is 3. The van der Waals surface area contributed by atoms with Crippen LogP contribution in [0.1, 0.15) is 11.1 Å². The fourth-order valence-electron chi connectivity index (χ4n) is 3.16. The number of aryl methyl sites for hydroxylation is 2. The van der Waals surface area contributed by atoms with Crippen molar-refractivity contribution < 1.29 is 19.0 Å². The van der Waals surface area contributed by atoms with Gasteiger partial charge in [-0.05, 0) is 43.2 Å². The number of nitrogens with one attached hydrogen (secondary N) is 1. The van der Waals surface area contributed by atoms with Gasteiger partial charge in [-0.2, -0.15) is 0 Å². The molecule has 32 heavy (non-hydrogen) atoms. The number of methoxy groups -OCH3 is 3. The van der Waals surface area contributed by atoms with Crippen molar-refractivity contribution in [2.45, 2.75) is 19.0 Å². The van der Waals surface area contributed by atoms with E-state index in [2.05, 4.69) is 15.5 Å². The first kappa shape index (κ1) is 23.6. The first-order valence-electron chi connectivity index (χ1n) is 9.49. The lowest BCUT2D eigenvalue weighted by Crippen LogP contribution is -2.17. The number of anilines is 1. The summed E-state index contributed by atoms with van der Waals surface area (Å²) in [6.07, 6.45) is 0. The van der Waals surface area contributed by atoms with Crippen LogP contribution in [0.4, 0.5) is 5.69 Å². The van der Waals surface area contributed by atoms with Crippen LogP contribution in [0, 0.1) is 13.8 Å². The molecule has 0 aliphatic carbocycles. The fraction of sp³-hybridized carbons (Fsp3) is 0.286. The van der Waals surface area contributed by atoms with Gasteiger partial charge in [0.05, 0.1) is 37.8 Å². The number of rotatable bonds is 8. The average molecular weight is 478 g/mol. The Balaban J connectivity index is 1.77. The van der Waals surface area contributed by atoms with Crippen molar-refractivity contribution in [1.29, 1.82) is 0 Å². The molecule has 1 aromatic heterocycles. The summed E-state index contributed by atoms with van der Waals surface area (Å²) in [5.41, 5.74) is 3.12. The minimum atomic E-state index is -0.235. The number of thioether (sulfide) groups is 1. The summed E-state index contributed by atoms with van der Waals surface area (Å²) in [7, 11) is 4.57. The molecule has 0 saturated heterocycles. The van der Waals surface area contributed by atoms with Crippen molar-refractivity contribution >= 4 is 35.0 Å². The van der Waals surface area contributed by atoms with E-state index in [1.165, 1.54) is 26.0 Å². The van der Waals surface area contributed by atoms with Gasteiger partial charge in [-0.25, -0.2) is 4.68 Å². The lowest BCUT2D eigenvalue weighted by Gasteiger charge is -2.14. The van der Waals surface area contributed by atoms with Gasteiger partial charge in [-0.3, -0.25) is 4.79 Å². The van der Waals surface area contributed by atoms with Gasteiger partial charge < -0.3 is 25.4 Å². The highest BCUT2D eigenvalue weighted by molar-refractivity contribution is 7.99. The Hall–Kier alpha value is -3.11. The molecule has 170 valence electrons. The highest BCUT2D eigenvalue weighted by atomic mass is 35.5. The maximum absolute atomic E-state index is 12.5. The first-order chi connectivity index (χ1) is 15.3. The van der Waals surface area contributed by atoms with Crippen molar-refractivity contribution in [3.63, 3.8) is 0 Å². The summed E-state index contributed by atoms with van der Waals surface area (Å²) >= 11 is 7.42. The van der Waals surface area contributed by atoms with E-state index in [-0.39, 0.29) is 11.7 Å². The second kappa shape index (κ2) is 10.0. The molecular formula is C21H24ClN5O4S. The van der Waals surface area contributed by atoms with E-state index < -0.39 is 0 Å². The number of hydrogen-bond acceptors (Lipinski definition) is 8. The number of hydrogen-bond donors (Lipinski definition) is 2. The van der Waals surface area contributed by atoms with Gasteiger partial charge in [0.2, 0.25) is 16.8 Å². The molecule has 0 unspecified atom stereocenters. The van der Waals surface area contributed by atoms with Crippen molar-refractivity contribution in [3.8, 4) is 28.6 Å². The van der Waals surface area contributed by atoms with Gasteiger partial charge >= 0.3 is 0 Å². The molecule has 1 amide bonds. The van der Waals surface area contributed by atoms with E-state index >= 15 is 0 Å². The molecular weight excluding hydrogens is 454 g/mol. The molecule has 0 aliphatic heterocycles. The van der Waals surface area contributed by atoms with Gasteiger partial charge in [0.1, 0.15) is 0 Å². The molecule has 9 nitrogen and oxygen atoms in total. The van der Waals surface area contributed by atoms with Crippen LogP contribution in [-0.4, -0.2) is 47.9 Å². The lowest BCUT2D eigenvalue weighted by molar-refractivity contribution is -0.113. The highest BCUT2D eigenvalue weighted by Gasteiger charge is 2.19. The van der Waals surface area contributed by atoms with Crippen LogP contribution in [-0.2, 0) is 4.79 Å². The SMILES string of the molecule is COc1cc(-c2nnc(SCC(=O)Nc3c(C)cc(C)cc3Cl)n2N)cc(OC)c1OC. The predicted octanol–water partition coefficient (Wildman–Crippen LogP) is 3.69. The summed E-state index contributed by atoms with van der Waals surface area (Å²) < 4.78 is 17.4. The summed E-state index contributed by atoms with van der Waals surface area (Å²) in [5, 5.41) is 12.0. The summed E-state index contributed by atoms with van der Waals surface area (Å²) in [5.74, 6) is 7.80. The number of nitrogen functional groups attached to an aromatic ring is 1. The van der Waals surface area contributed by atoms with Crippen LogP contribution in [0.3, 0.4) is 0 Å². The predicted molar refractivity (Wildman–Crippen MR) is 126 cm³/mol. The molecule has 0 spiro atoms. The number of halogens is 1. The van der Waals surface area contributed by atoms with E-state index in [9.17, 15) is 4.79 Å². The third kappa shape index (κ3) is 4.86. The Morgan fingerprint density at radius 1 is 1.09 bits per heavy atom. The average Bonchev–Trinajstić information content (AvgIpc) is 3.13. The Kier molecular flexibility index (Phi) is 7.37. The summed E-state index contributed by atoms with van der Waals surface area (Å²) in [6.45, 7) is 3.84. The number of nitrogens with zero attached hydrogens (tertiary/aromatic N) is 3. The molecule has 0 aliphatic rings. The van der Waals surface area contributed by atoms with Crippen molar-refractivity contribution in [2.75, 3.05) is 38.2 Å². The van der Waals surface area contributed by atoms with Crippen molar-refractivity contribution in [3.05, 3.63) is 40.4 Å². The minimum absolute atomic E-state index is 0.0776. The summed E-state index contributed by atoms with van der Waals surface area (Å²) in [4.78, 5) is 12.5. The molecule has 3 aromatic rings. The molecule has 2 aromatic carbocycles.